The Morgan fingerprint density at radius 2 is 2.31 bits per heavy atom. The van der Waals surface area contributed by atoms with Crippen molar-refractivity contribution in [1.82, 2.24) is 40.5 Å². The van der Waals surface area contributed by atoms with Gasteiger partial charge in [0.25, 0.3) is 0 Å². The van der Waals surface area contributed by atoms with Crippen molar-refractivity contribution in [3.05, 3.63) is 18.2 Å². The maximum absolute atomic E-state index is 4.06. The fraction of sp³-hybridized carbons (Fsp3) is 0.625. The molecule has 8 nitrogen and oxygen atoms in total. The van der Waals surface area contributed by atoms with Crippen LogP contribution in [-0.2, 0) is 20.1 Å². The van der Waals surface area contributed by atoms with Gasteiger partial charge in [0.2, 0.25) is 0 Å². The average molecular weight is 222 g/mol. The van der Waals surface area contributed by atoms with Gasteiger partial charge in [-0.3, -0.25) is 4.68 Å². The maximum atomic E-state index is 4.06. The van der Waals surface area contributed by atoms with Crippen molar-refractivity contribution in [3.63, 3.8) is 0 Å². The van der Waals surface area contributed by atoms with E-state index in [9.17, 15) is 0 Å². The van der Waals surface area contributed by atoms with E-state index in [1.54, 1.807) is 13.2 Å². The zero-order valence-corrected chi connectivity index (χ0v) is 9.11. The first-order chi connectivity index (χ1) is 7.84. The second-order valence-electron chi connectivity index (χ2n) is 3.39. The van der Waals surface area contributed by atoms with Crippen LogP contribution in [0.4, 0.5) is 0 Å². The molecule has 0 saturated heterocycles. The normalized spacial score (nSPS) is 10.8. The van der Waals surface area contributed by atoms with Gasteiger partial charge in [0.05, 0.1) is 19.8 Å². The van der Waals surface area contributed by atoms with Crippen molar-refractivity contribution in [3.8, 4) is 0 Å². The van der Waals surface area contributed by atoms with Crippen molar-refractivity contribution in [2.24, 2.45) is 7.05 Å². The molecule has 2 rings (SSSR count). The van der Waals surface area contributed by atoms with Crippen LogP contribution in [0.5, 0.6) is 0 Å². The van der Waals surface area contributed by atoms with Gasteiger partial charge in [0, 0.05) is 12.7 Å². The minimum atomic E-state index is 0.644. The Hall–Kier alpha value is -1.83. The number of rotatable bonds is 6. The Labute approximate surface area is 92.6 Å². The minimum Gasteiger partial charge on any atom is -0.310 e. The Bertz CT molecular complexity index is 405. The van der Waals surface area contributed by atoms with Crippen LogP contribution in [-0.4, -0.2) is 41.7 Å². The number of hydrogen-bond donors (Lipinski definition) is 1. The summed E-state index contributed by atoms with van der Waals surface area (Å²) in [5.41, 5.74) is 0. The third kappa shape index (κ3) is 3.09. The van der Waals surface area contributed by atoms with Gasteiger partial charge in [0.1, 0.15) is 0 Å². The maximum Gasteiger partial charge on any atom is 0.188 e. The number of aryl methyl sites for hydroxylation is 2. The molecule has 0 atom stereocenters. The summed E-state index contributed by atoms with van der Waals surface area (Å²) in [5.74, 6) is 0.711. The van der Waals surface area contributed by atoms with E-state index < -0.39 is 0 Å². The molecular weight excluding hydrogens is 208 g/mol. The molecule has 1 N–H and O–H groups in total. The van der Waals surface area contributed by atoms with Crippen molar-refractivity contribution >= 4 is 0 Å². The lowest BCUT2D eigenvalue weighted by Crippen LogP contribution is -2.17. The highest BCUT2D eigenvalue weighted by Gasteiger charge is 1.98. The van der Waals surface area contributed by atoms with Crippen LogP contribution in [0.15, 0.2) is 12.4 Å². The first-order valence-electron chi connectivity index (χ1n) is 5.12. The van der Waals surface area contributed by atoms with Gasteiger partial charge in [-0.15, -0.1) is 15.3 Å². The molecule has 0 spiro atoms. The molecule has 0 aliphatic carbocycles. The second kappa shape index (κ2) is 5.31. The summed E-state index contributed by atoms with van der Waals surface area (Å²) in [6, 6.07) is 0. The molecule has 2 aromatic rings. The molecule has 0 aromatic carbocycles. The highest BCUT2D eigenvalue weighted by Crippen LogP contribution is 1.87. The Morgan fingerprint density at radius 3 is 3.00 bits per heavy atom. The fourth-order valence-electron chi connectivity index (χ4n) is 1.31. The van der Waals surface area contributed by atoms with Crippen LogP contribution >= 0.6 is 0 Å². The van der Waals surface area contributed by atoms with Crippen LogP contribution in [0.1, 0.15) is 12.2 Å². The van der Waals surface area contributed by atoms with Gasteiger partial charge in [-0.05, 0) is 18.2 Å². The highest BCUT2D eigenvalue weighted by atomic mass is 15.6. The summed E-state index contributed by atoms with van der Waals surface area (Å²) < 4.78 is 1.81. The molecule has 0 radical (unpaired) electrons. The highest BCUT2D eigenvalue weighted by molar-refractivity contribution is 4.74. The molecule has 2 heterocycles. The number of tetrazole rings is 1. The predicted octanol–water partition coefficient (Wildman–Crippen LogP) is -1.02. The van der Waals surface area contributed by atoms with Crippen molar-refractivity contribution in [1.29, 1.82) is 0 Å². The van der Waals surface area contributed by atoms with E-state index in [-0.39, 0.29) is 0 Å². The summed E-state index contributed by atoms with van der Waals surface area (Å²) in [7, 11) is 1.75. The van der Waals surface area contributed by atoms with Crippen LogP contribution in [0, 0.1) is 0 Å². The van der Waals surface area contributed by atoms with Gasteiger partial charge < -0.3 is 5.32 Å². The molecule has 0 saturated carbocycles. The van der Waals surface area contributed by atoms with Gasteiger partial charge in [0.15, 0.2) is 5.82 Å². The molecule has 0 aliphatic heterocycles. The van der Waals surface area contributed by atoms with Gasteiger partial charge in [-0.1, -0.05) is 5.21 Å². The Morgan fingerprint density at radius 1 is 1.38 bits per heavy atom. The zero-order chi connectivity index (χ0) is 11.2. The predicted molar refractivity (Wildman–Crippen MR) is 55.1 cm³/mol. The lowest BCUT2D eigenvalue weighted by Gasteiger charge is -2.01. The molecule has 86 valence electrons. The lowest BCUT2D eigenvalue weighted by molar-refractivity contribution is 0.525. The zero-order valence-electron chi connectivity index (χ0n) is 9.11. The molecule has 0 fully saturated rings. The van der Waals surface area contributed by atoms with Crippen LogP contribution in [0.25, 0.3) is 0 Å². The molecule has 2 aromatic heterocycles. The Kier molecular flexibility index (Phi) is 3.54. The summed E-state index contributed by atoms with van der Waals surface area (Å²) in [6.07, 6.45) is 4.52. The first kappa shape index (κ1) is 10.7. The monoisotopic (exact) mass is 222 g/mol. The topological polar surface area (TPSA) is 86.3 Å². The van der Waals surface area contributed by atoms with E-state index in [1.807, 2.05) is 10.9 Å². The minimum absolute atomic E-state index is 0.644. The smallest absolute Gasteiger partial charge is 0.188 e. The fourth-order valence-corrected chi connectivity index (χ4v) is 1.31. The molecule has 0 unspecified atom stereocenters. The molecular formula is C8H14N8. The quantitative estimate of drug-likeness (QED) is 0.630. The van der Waals surface area contributed by atoms with E-state index in [0.717, 1.165) is 19.5 Å². The van der Waals surface area contributed by atoms with Crippen molar-refractivity contribution in [2.45, 2.75) is 19.5 Å². The number of aromatic nitrogens is 7. The average Bonchev–Trinajstić information content (AvgIpc) is 2.89. The molecule has 8 heteroatoms. The van der Waals surface area contributed by atoms with E-state index in [2.05, 4.69) is 31.0 Å². The summed E-state index contributed by atoms with van der Waals surface area (Å²) in [4.78, 5) is 1.45. The largest absolute Gasteiger partial charge is 0.310 e. The summed E-state index contributed by atoms with van der Waals surface area (Å²) in [6.45, 7) is 2.39. The summed E-state index contributed by atoms with van der Waals surface area (Å²) >= 11 is 0. The number of hydrogen-bond acceptors (Lipinski definition) is 6. The van der Waals surface area contributed by atoms with E-state index in [1.165, 1.54) is 4.80 Å². The molecule has 0 amide bonds. The SMILES string of the molecule is Cn1nnc(CNCCCn2ccnn2)n1. The van der Waals surface area contributed by atoms with E-state index in [4.69, 9.17) is 0 Å². The Balaban J connectivity index is 1.59. The number of nitrogens with one attached hydrogen (secondary N) is 1. The van der Waals surface area contributed by atoms with Crippen LogP contribution < -0.4 is 5.32 Å². The first-order valence-corrected chi connectivity index (χ1v) is 5.12. The number of nitrogens with zero attached hydrogens (tertiary/aromatic N) is 7. The van der Waals surface area contributed by atoms with Gasteiger partial charge in [-0.2, -0.15) is 4.80 Å². The van der Waals surface area contributed by atoms with Crippen LogP contribution in [0.2, 0.25) is 0 Å². The molecule has 0 aliphatic rings. The molecule has 0 bridgehead atoms. The summed E-state index contributed by atoms with van der Waals surface area (Å²) in [5, 5.41) is 22.5. The standard InChI is InChI=1S/C8H14N8/c1-15-12-8(11-14-15)7-9-3-2-5-16-6-4-10-13-16/h4,6,9H,2-3,5,7H2,1H3. The van der Waals surface area contributed by atoms with E-state index >= 15 is 0 Å². The van der Waals surface area contributed by atoms with Crippen molar-refractivity contribution in [2.75, 3.05) is 6.54 Å². The van der Waals surface area contributed by atoms with Crippen molar-refractivity contribution < 1.29 is 0 Å². The molecule has 16 heavy (non-hydrogen) atoms. The van der Waals surface area contributed by atoms with Gasteiger partial charge >= 0.3 is 0 Å². The van der Waals surface area contributed by atoms with E-state index in [0.29, 0.717) is 12.4 Å². The lowest BCUT2D eigenvalue weighted by atomic mass is 10.4. The van der Waals surface area contributed by atoms with Gasteiger partial charge in [-0.25, -0.2) is 0 Å². The third-order valence-corrected chi connectivity index (χ3v) is 2.05. The van der Waals surface area contributed by atoms with Crippen LogP contribution in [0.3, 0.4) is 0 Å². The second-order valence-corrected chi connectivity index (χ2v) is 3.39. The third-order valence-electron chi connectivity index (χ3n) is 2.05.